The van der Waals surface area contributed by atoms with Gasteiger partial charge in [-0.15, -0.1) is 0 Å². The maximum Gasteiger partial charge on any atom is 0.194 e. The molecular weight excluding hydrogens is 372 g/mol. The van der Waals surface area contributed by atoms with Crippen molar-refractivity contribution in [2.24, 2.45) is 5.92 Å². The van der Waals surface area contributed by atoms with Crippen molar-refractivity contribution in [2.45, 2.75) is 36.6 Å². The highest BCUT2D eigenvalue weighted by atomic mass is 32.2. The number of anilines is 1. The zero-order chi connectivity index (χ0) is 20.7. The number of nitrogens with zero attached hydrogens (tertiary/aromatic N) is 1. The fraction of sp³-hybridized carbons (Fsp3) is 0.409. The van der Waals surface area contributed by atoms with E-state index in [1.54, 1.807) is 30.7 Å². The number of aliphatic hydroxyl groups is 1. The lowest BCUT2D eigenvalue weighted by Crippen LogP contribution is -2.44. The number of hydrogen-bond donors (Lipinski definition) is 2. The molecule has 6 heteroatoms. The molecule has 28 heavy (non-hydrogen) atoms. The van der Waals surface area contributed by atoms with Gasteiger partial charge in [0.15, 0.2) is 9.84 Å². The first kappa shape index (κ1) is 22.4. The fourth-order valence-corrected chi connectivity index (χ4v) is 4.83. The van der Waals surface area contributed by atoms with Crippen molar-refractivity contribution in [1.82, 2.24) is 5.32 Å². The van der Waals surface area contributed by atoms with E-state index in [1.165, 1.54) is 0 Å². The van der Waals surface area contributed by atoms with Gasteiger partial charge < -0.3 is 10.0 Å². The Labute approximate surface area is 169 Å². The molecule has 0 aliphatic heterocycles. The Bertz CT molecular complexity index is 819. The van der Waals surface area contributed by atoms with Gasteiger partial charge in [0.1, 0.15) is 5.37 Å². The smallest absolute Gasteiger partial charge is 0.194 e. The summed E-state index contributed by atoms with van der Waals surface area (Å²) >= 11 is 0. The van der Waals surface area contributed by atoms with E-state index in [9.17, 15) is 13.5 Å². The highest BCUT2D eigenvalue weighted by Crippen LogP contribution is 2.22. The monoisotopic (exact) mass is 403 g/mol. The molecule has 5 nitrogen and oxygen atoms in total. The molecule has 0 aliphatic carbocycles. The van der Waals surface area contributed by atoms with Gasteiger partial charge in [-0.05, 0) is 48.6 Å². The van der Waals surface area contributed by atoms with Crippen LogP contribution in [0.15, 0.2) is 59.5 Å². The molecule has 0 aromatic heterocycles. The number of rotatable bonds is 10. The molecule has 1 radical (unpaired) electrons. The van der Waals surface area contributed by atoms with Crippen molar-refractivity contribution in [3.63, 3.8) is 0 Å². The summed E-state index contributed by atoms with van der Waals surface area (Å²) in [6, 6.07) is 16.7. The van der Waals surface area contributed by atoms with Crippen LogP contribution in [0.5, 0.6) is 0 Å². The van der Waals surface area contributed by atoms with E-state index < -0.39 is 21.3 Å². The predicted octanol–water partition coefficient (Wildman–Crippen LogP) is 2.91. The minimum Gasteiger partial charge on any atom is -0.391 e. The second kappa shape index (κ2) is 10.0. The predicted molar refractivity (Wildman–Crippen MR) is 115 cm³/mol. The standard InChI is InChI=1S/C22H31N2O3S/c1-17(2)22(23-16-20(25)13-10-18-8-6-5-7-9-18)28(26,27)21-14-11-19(12-15-21)24(3)4/h5-9,11-15,17,20,22-23,25H,10,16H2,1-4H3/t20-,22+/m1/s1. The highest BCUT2D eigenvalue weighted by molar-refractivity contribution is 7.92. The van der Waals surface area contributed by atoms with Gasteiger partial charge in [-0.3, -0.25) is 5.32 Å². The van der Waals surface area contributed by atoms with E-state index in [1.807, 2.05) is 63.2 Å². The highest BCUT2D eigenvalue weighted by Gasteiger charge is 2.30. The van der Waals surface area contributed by atoms with E-state index >= 15 is 0 Å². The minimum atomic E-state index is -3.56. The zero-order valence-corrected chi connectivity index (χ0v) is 17.9. The molecule has 0 bridgehead atoms. The molecule has 0 heterocycles. The van der Waals surface area contributed by atoms with Crippen LogP contribution in [-0.4, -0.2) is 45.6 Å². The van der Waals surface area contributed by atoms with Crippen molar-refractivity contribution < 1.29 is 13.5 Å². The number of nitrogens with one attached hydrogen (secondary N) is 1. The Kier molecular flexibility index (Phi) is 8.04. The largest absolute Gasteiger partial charge is 0.391 e. The Hall–Kier alpha value is -1.89. The summed E-state index contributed by atoms with van der Waals surface area (Å²) in [5, 5.41) is 12.5. The van der Waals surface area contributed by atoms with Crippen LogP contribution in [0.25, 0.3) is 0 Å². The summed E-state index contributed by atoms with van der Waals surface area (Å²) in [6.45, 7) is 3.91. The molecule has 2 aromatic carbocycles. The maximum atomic E-state index is 13.1. The SMILES string of the molecule is CC(C)[C@@H](NC[C@H](O)[CH]Cc1ccccc1)S(=O)(=O)c1ccc(N(C)C)cc1. The molecule has 2 aromatic rings. The normalized spacial score (nSPS) is 14.1. The molecular formula is C22H31N2O3S. The van der Waals surface area contributed by atoms with E-state index in [-0.39, 0.29) is 17.4 Å². The van der Waals surface area contributed by atoms with E-state index in [0.717, 1.165) is 11.3 Å². The lowest BCUT2D eigenvalue weighted by molar-refractivity contribution is 0.196. The van der Waals surface area contributed by atoms with Gasteiger partial charge >= 0.3 is 0 Å². The Morgan fingerprint density at radius 1 is 1.04 bits per heavy atom. The van der Waals surface area contributed by atoms with Gasteiger partial charge in [0.25, 0.3) is 0 Å². The van der Waals surface area contributed by atoms with Crippen LogP contribution in [0.4, 0.5) is 5.69 Å². The van der Waals surface area contributed by atoms with Crippen LogP contribution < -0.4 is 10.2 Å². The molecule has 0 spiro atoms. The molecule has 0 aliphatic rings. The topological polar surface area (TPSA) is 69.6 Å². The van der Waals surface area contributed by atoms with Gasteiger partial charge in [-0.25, -0.2) is 8.42 Å². The number of aliphatic hydroxyl groups excluding tert-OH is 1. The summed E-state index contributed by atoms with van der Waals surface area (Å²) in [5.41, 5.74) is 2.05. The number of hydrogen-bond acceptors (Lipinski definition) is 5. The molecule has 0 fully saturated rings. The van der Waals surface area contributed by atoms with Gasteiger partial charge in [0.05, 0.1) is 11.0 Å². The van der Waals surface area contributed by atoms with E-state index in [0.29, 0.717) is 6.42 Å². The second-order valence-electron chi connectivity index (χ2n) is 7.50. The van der Waals surface area contributed by atoms with Crippen LogP contribution in [0.2, 0.25) is 0 Å². The van der Waals surface area contributed by atoms with Crippen molar-refractivity contribution in [2.75, 3.05) is 25.5 Å². The van der Waals surface area contributed by atoms with Crippen molar-refractivity contribution in [1.29, 1.82) is 0 Å². The lowest BCUT2D eigenvalue weighted by Gasteiger charge is -2.24. The summed E-state index contributed by atoms with van der Waals surface area (Å²) < 4.78 is 26.2. The first-order valence-corrected chi connectivity index (χ1v) is 11.1. The van der Waals surface area contributed by atoms with Crippen molar-refractivity contribution >= 4 is 15.5 Å². The van der Waals surface area contributed by atoms with Crippen molar-refractivity contribution in [3.8, 4) is 0 Å². The molecule has 0 saturated heterocycles. The minimum absolute atomic E-state index is 0.139. The molecule has 0 saturated carbocycles. The summed E-state index contributed by atoms with van der Waals surface area (Å²) in [7, 11) is 0.264. The third-order valence-electron chi connectivity index (χ3n) is 4.62. The van der Waals surface area contributed by atoms with Crippen molar-refractivity contribution in [3.05, 3.63) is 66.6 Å². The first-order valence-electron chi connectivity index (χ1n) is 9.52. The first-order chi connectivity index (χ1) is 13.2. The second-order valence-corrected chi connectivity index (χ2v) is 9.57. The zero-order valence-electron chi connectivity index (χ0n) is 17.0. The molecule has 153 valence electrons. The number of benzene rings is 2. The lowest BCUT2D eigenvalue weighted by atomic mass is 10.1. The average Bonchev–Trinajstić information content (AvgIpc) is 2.67. The summed E-state index contributed by atoms with van der Waals surface area (Å²) in [6.07, 6.45) is 1.69. The van der Waals surface area contributed by atoms with Gasteiger partial charge in [-0.1, -0.05) is 44.2 Å². The van der Waals surface area contributed by atoms with Crippen LogP contribution in [0.3, 0.4) is 0 Å². The summed E-state index contributed by atoms with van der Waals surface area (Å²) in [4.78, 5) is 2.21. The molecule has 0 unspecified atom stereocenters. The van der Waals surface area contributed by atoms with E-state index in [4.69, 9.17) is 0 Å². The Balaban J connectivity index is 2.01. The molecule has 2 rings (SSSR count). The van der Waals surface area contributed by atoms with Crippen LogP contribution in [0, 0.1) is 12.3 Å². The van der Waals surface area contributed by atoms with Gasteiger partial charge in [-0.2, -0.15) is 0 Å². The van der Waals surface area contributed by atoms with Crippen LogP contribution >= 0.6 is 0 Å². The van der Waals surface area contributed by atoms with Gasteiger partial charge in [0.2, 0.25) is 0 Å². The van der Waals surface area contributed by atoms with Crippen LogP contribution in [-0.2, 0) is 16.3 Å². The fourth-order valence-electron chi connectivity index (χ4n) is 2.99. The average molecular weight is 404 g/mol. The van der Waals surface area contributed by atoms with Crippen LogP contribution in [0.1, 0.15) is 19.4 Å². The third kappa shape index (κ3) is 6.06. The van der Waals surface area contributed by atoms with E-state index in [2.05, 4.69) is 5.32 Å². The number of sulfone groups is 1. The van der Waals surface area contributed by atoms with Gasteiger partial charge in [0, 0.05) is 26.3 Å². The molecule has 0 amide bonds. The Morgan fingerprint density at radius 3 is 2.18 bits per heavy atom. The maximum absolute atomic E-state index is 13.1. The Morgan fingerprint density at radius 2 is 1.64 bits per heavy atom. The molecule has 2 atom stereocenters. The quantitative estimate of drug-likeness (QED) is 0.638. The third-order valence-corrected chi connectivity index (χ3v) is 6.93. The molecule has 2 N–H and O–H groups in total. The summed E-state index contributed by atoms with van der Waals surface area (Å²) in [5.74, 6) is -0.139.